The SMILES string of the molecule is CC(=S)Nc1cc(C)cc(C)c1.II(I)I(I)I(I)I(I)I. The minimum atomic E-state index is -0.358. The van der Waals surface area contributed by atoms with Gasteiger partial charge in [0, 0.05) is 5.69 Å². The van der Waals surface area contributed by atoms with E-state index >= 15 is 0 Å². The van der Waals surface area contributed by atoms with Crippen LogP contribution in [0.3, 0.4) is 0 Å². The Bertz CT molecular complexity index is 451. The van der Waals surface area contributed by atoms with Crippen LogP contribution in [0.5, 0.6) is 0 Å². The molecule has 0 amide bonds. The fourth-order valence-corrected chi connectivity index (χ4v) is 840. The molecule has 0 bridgehead atoms. The van der Waals surface area contributed by atoms with Crippen molar-refractivity contribution in [2.75, 3.05) is 5.32 Å². The molecule has 0 atom stereocenters. The summed E-state index contributed by atoms with van der Waals surface area (Å²) in [7, 11) is -1.31. The number of anilines is 1. The molecule has 1 aromatic carbocycles. The average molecular weight is 1450 g/mol. The molecule has 0 spiro atoms. The predicted octanol–water partition coefficient (Wildman–Crippen LogP) is 11.9. The molecule has 12 heteroatoms. The van der Waals surface area contributed by atoms with Gasteiger partial charge in [-0.15, -0.1) is 0 Å². The Morgan fingerprint density at radius 1 is 0.864 bits per heavy atom. The Balaban J connectivity index is 0.000000409. The molecule has 0 fully saturated rings. The second-order valence-corrected chi connectivity index (χ2v) is 199. The molecule has 0 unspecified atom stereocenters. The van der Waals surface area contributed by atoms with Crippen LogP contribution in [-0.4, -0.2) is 4.99 Å². The molecule has 134 valence electrons. The number of benzene rings is 1. The van der Waals surface area contributed by atoms with Crippen LogP contribution in [0.4, 0.5) is 5.69 Å². The molecular weight excluding hydrogens is 1440 g/mol. The van der Waals surface area contributed by atoms with Crippen LogP contribution < -0.4 is 5.32 Å². The molecule has 0 aromatic heterocycles. The molecule has 1 nitrogen and oxygen atoms in total. The summed E-state index contributed by atoms with van der Waals surface area (Å²) in [6.45, 7) is 6.04. The summed E-state index contributed by atoms with van der Waals surface area (Å²) < 4.78 is 0. The number of halogens is 10. The number of aryl methyl sites for hydroxylation is 2. The van der Waals surface area contributed by atoms with Gasteiger partial charge in [-0.25, -0.2) is 0 Å². The topological polar surface area (TPSA) is 12.0 Å². The summed E-state index contributed by atoms with van der Waals surface area (Å²) in [5.41, 5.74) is 3.60. The molecule has 22 heavy (non-hydrogen) atoms. The molecule has 0 radical (unpaired) electrons. The maximum atomic E-state index is 4.95. The summed E-state index contributed by atoms with van der Waals surface area (Å²) in [5.74, 6) is 0. The molecule has 0 aliphatic carbocycles. The Labute approximate surface area is 214 Å². The summed E-state index contributed by atoms with van der Waals surface area (Å²) in [4.78, 5) is 0.806. The number of nitrogens with one attached hydrogen (secondary N) is 1. The summed E-state index contributed by atoms with van der Waals surface area (Å²) in [6.07, 6.45) is 0. The van der Waals surface area contributed by atoms with Crippen molar-refractivity contribution in [3.05, 3.63) is 29.3 Å². The first-order chi connectivity index (χ1) is 10.0. The fourth-order valence-electron chi connectivity index (χ4n) is 1.31. The fraction of sp³-hybridized carbons (Fsp3) is 0.300. The molecule has 0 aliphatic heterocycles. The van der Waals surface area contributed by atoms with Gasteiger partial charge in [0.2, 0.25) is 0 Å². The van der Waals surface area contributed by atoms with E-state index in [4.69, 9.17) is 12.2 Å². The molecule has 0 saturated heterocycles. The van der Waals surface area contributed by atoms with E-state index in [-0.39, 0.29) is 31.6 Å². The van der Waals surface area contributed by atoms with Crippen molar-refractivity contribution >= 4 is 166 Å². The third-order valence-corrected chi connectivity index (χ3v) is 498. The second-order valence-electron chi connectivity index (χ2n) is 3.71. The van der Waals surface area contributed by atoms with Crippen molar-refractivity contribution < 1.29 is 0 Å². The zero-order valence-corrected chi connectivity index (χ0v) is 33.8. The van der Waals surface area contributed by atoms with E-state index in [0.717, 1.165) is 10.7 Å². The average Bonchev–Trinajstić information content (AvgIpc) is 2.35. The van der Waals surface area contributed by atoms with Crippen molar-refractivity contribution in [3.8, 4) is 0 Å². The Hall–Kier alpha value is 6.41. The third kappa shape index (κ3) is 14.4. The molecule has 0 heterocycles. The Morgan fingerprint density at radius 2 is 1.23 bits per heavy atom. The van der Waals surface area contributed by atoms with Crippen LogP contribution in [0.15, 0.2) is 18.2 Å². The van der Waals surface area contributed by atoms with Gasteiger partial charge in [-0.2, -0.15) is 0 Å². The van der Waals surface area contributed by atoms with E-state index in [1.807, 2.05) is 6.92 Å². The first-order valence-electron chi connectivity index (χ1n) is 5.22. The number of rotatable bonds is 4. The minimum absolute atomic E-state index is 0.294. The van der Waals surface area contributed by atoms with E-state index in [2.05, 4.69) is 149 Å². The Kier molecular flexibility index (Phi) is 20.9. The van der Waals surface area contributed by atoms with Crippen LogP contribution in [0.25, 0.3) is 0 Å². The van der Waals surface area contributed by atoms with Crippen LogP contribution in [0.1, 0.15) is 18.1 Å². The predicted molar refractivity (Wildman–Crippen MR) is 198 cm³/mol. The van der Waals surface area contributed by atoms with E-state index in [1.54, 1.807) is 0 Å². The van der Waals surface area contributed by atoms with Crippen LogP contribution in [-0.2, 0) is 0 Å². The maximum absolute atomic E-state index is 4.95. The monoisotopic (exact) mass is 1450 g/mol. The van der Waals surface area contributed by atoms with Crippen molar-refractivity contribution in [1.29, 1.82) is 0 Å². The van der Waals surface area contributed by atoms with Gasteiger partial charge in [0.25, 0.3) is 0 Å². The summed E-state index contributed by atoms with van der Waals surface area (Å²) >= 11 is 21.8. The molecule has 1 N–H and O–H groups in total. The Morgan fingerprint density at radius 3 is 1.50 bits per heavy atom. The zero-order valence-electron chi connectivity index (χ0n) is 11.4. The quantitative estimate of drug-likeness (QED) is 0.238. The first kappa shape index (κ1) is 28.4. The molecular formula is C10H13I10NS. The molecule has 0 aliphatic rings. The molecule has 0 saturated carbocycles. The van der Waals surface area contributed by atoms with Crippen LogP contribution in [0, 0.1) is 13.8 Å². The van der Waals surface area contributed by atoms with Crippen LogP contribution >= 0.6 is 155 Å². The third-order valence-electron chi connectivity index (χ3n) is 1.79. The zero-order chi connectivity index (χ0) is 17.4. The van der Waals surface area contributed by atoms with Gasteiger partial charge < -0.3 is 5.32 Å². The van der Waals surface area contributed by atoms with E-state index in [1.165, 1.54) is 11.1 Å². The van der Waals surface area contributed by atoms with E-state index in [0.29, 0.717) is 0 Å². The molecule has 1 rings (SSSR count). The number of hydrogen-bond acceptors (Lipinski definition) is 1. The van der Waals surface area contributed by atoms with Gasteiger partial charge >= 0.3 is 143 Å². The number of hydrogen-bond donors (Lipinski definition) is 1. The van der Waals surface area contributed by atoms with Crippen molar-refractivity contribution in [3.63, 3.8) is 0 Å². The van der Waals surface area contributed by atoms with Crippen molar-refractivity contribution in [2.24, 2.45) is 0 Å². The van der Waals surface area contributed by atoms with E-state index < -0.39 is 0 Å². The normalized spacial score (nSPS) is 12.6. The van der Waals surface area contributed by atoms with E-state index in [9.17, 15) is 0 Å². The second kappa shape index (κ2) is 16.1. The van der Waals surface area contributed by atoms with Gasteiger partial charge in [-0.3, -0.25) is 0 Å². The standard InChI is InChI=1S/C10H13NS.I10/c1-7-4-8(2)6-10(5-7)11-9(3)12;1-7(2)9(5)10(6)8(3)4/h4-6H,1-3H3,(H,11,12);. The van der Waals surface area contributed by atoms with Crippen molar-refractivity contribution in [1.82, 2.24) is 0 Å². The summed E-state index contributed by atoms with van der Waals surface area (Å²) in [6, 6.07) is 6.31. The van der Waals surface area contributed by atoms with Gasteiger partial charge in [0.15, 0.2) is 0 Å². The van der Waals surface area contributed by atoms with Gasteiger partial charge in [0.1, 0.15) is 0 Å². The van der Waals surface area contributed by atoms with Gasteiger partial charge in [-0.1, -0.05) is 18.3 Å². The molecule has 1 aromatic rings. The van der Waals surface area contributed by atoms with Crippen molar-refractivity contribution in [2.45, 2.75) is 20.8 Å². The first-order valence-corrected chi connectivity index (χ1v) is 62.2. The van der Waals surface area contributed by atoms with Crippen LogP contribution in [0.2, 0.25) is 0 Å². The van der Waals surface area contributed by atoms with Gasteiger partial charge in [-0.05, 0) is 44.0 Å². The van der Waals surface area contributed by atoms with Gasteiger partial charge in [0.05, 0.1) is 4.99 Å². The summed E-state index contributed by atoms with van der Waals surface area (Å²) in [5, 5.41) is 3.12. The number of thiocarbonyl (C=S) groups is 1.